The van der Waals surface area contributed by atoms with Crippen LogP contribution in [-0.4, -0.2) is 105 Å². The van der Waals surface area contributed by atoms with Crippen LogP contribution in [0.5, 0.6) is 5.75 Å². The molecule has 45 heavy (non-hydrogen) atoms. The predicted octanol–water partition coefficient (Wildman–Crippen LogP) is 4.71. The largest absolute Gasteiger partial charge is 0.478 e. The van der Waals surface area contributed by atoms with E-state index in [0.29, 0.717) is 60.4 Å². The molecule has 4 aliphatic heterocycles. The van der Waals surface area contributed by atoms with Crippen molar-refractivity contribution in [2.75, 3.05) is 82.2 Å². The minimum atomic E-state index is -0.976. The number of halogens is 2. The standard InChI is InChI=1S/C33H34Cl2N4O6/c34-27-15-23(36-6-8-37(9-7-36)24-18-44-19-24)16-28(35)30(27)32(40)39-17-22-2-1-3-25(31(22)45-20-39)21-4-5-26(33(41)42)29(14-21)38-10-12-43-13-11-38/h1-5,14-16,24H,6-13,17-20H2,(H,41,42). The van der Waals surface area contributed by atoms with Crippen LogP contribution < -0.4 is 14.5 Å². The number of nitrogens with zero attached hydrogens (tertiary/aromatic N) is 4. The smallest absolute Gasteiger partial charge is 0.337 e. The van der Waals surface area contributed by atoms with Gasteiger partial charge in [0.1, 0.15) is 5.75 Å². The summed E-state index contributed by atoms with van der Waals surface area (Å²) in [5.41, 5.74) is 4.56. The van der Waals surface area contributed by atoms with Crippen molar-refractivity contribution < 1.29 is 28.9 Å². The minimum absolute atomic E-state index is 0.0215. The molecule has 3 aromatic rings. The van der Waals surface area contributed by atoms with E-state index >= 15 is 0 Å². The van der Waals surface area contributed by atoms with E-state index in [0.717, 1.165) is 61.8 Å². The maximum atomic E-state index is 13.7. The summed E-state index contributed by atoms with van der Waals surface area (Å²) < 4.78 is 17.0. The van der Waals surface area contributed by atoms with Crippen LogP contribution in [0.3, 0.4) is 0 Å². The summed E-state index contributed by atoms with van der Waals surface area (Å²) in [5, 5.41) is 10.5. The van der Waals surface area contributed by atoms with Gasteiger partial charge in [-0.2, -0.15) is 0 Å². The molecule has 0 unspecified atom stereocenters. The summed E-state index contributed by atoms with van der Waals surface area (Å²) >= 11 is 13.4. The fraction of sp³-hybridized carbons (Fsp3) is 0.394. The maximum absolute atomic E-state index is 13.7. The summed E-state index contributed by atoms with van der Waals surface area (Å²) in [6, 6.07) is 15.3. The van der Waals surface area contributed by atoms with Gasteiger partial charge in [-0.15, -0.1) is 0 Å². The van der Waals surface area contributed by atoms with E-state index in [1.54, 1.807) is 17.0 Å². The Kier molecular flexibility index (Phi) is 8.50. The number of piperazine rings is 1. The number of amides is 1. The van der Waals surface area contributed by atoms with Crippen molar-refractivity contribution in [3.8, 4) is 16.9 Å². The minimum Gasteiger partial charge on any atom is -0.478 e. The Hall–Kier alpha value is -3.54. The molecule has 3 saturated heterocycles. The topological polar surface area (TPSA) is 95.0 Å². The third-order valence-corrected chi connectivity index (χ3v) is 9.65. The van der Waals surface area contributed by atoms with E-state index < -0.39 is 5.97 Å². The van der Waals surface area contributed by atoms with E-state index in [4.69, 9.17) is 37.4 Å². The number of ether oxygens (including phenoxy) is 3. The summed E-state index contributed by atoms with van der Waals surface area (Å²) in [5.74, 6) is -0.614. The Morgan fingerprint density at radius 3 is 2.24 bits per heavy atom. The van der Waals surface area contributed by atoms with E-state index in [1.165, 1.54) is 0 Å². The van der Waals surface area contributed by atoms with Crippen LogP contribution in [0.15, 0.2) is 48.5 Å². The molecule has 4 aliphatic rings. The Bertz CT molecular complexity index is 1600. The van der Waals surface area contributed by atoms with Crippen molar-refractivity contribution in [2.24, 2.45) is 0 Å². The highest BCUT2D eigenvalue weighted by Crippen LogP contribution is 2.40. The summed E-state index contributed by atoms with van der Waals surface area (Å²) in [4.78, 5) is 34.1. The van der Waals surface area contributed by atoms with Gasteiger partial charge in [0.15, 0.2) is 6.73 Å². The molecule has 0 aliphatic carbocycles. The van der Waals surface area contributed by atoms with E-state index in [-0.39, 0.29) is 23.8 Å². The first-order valence-electron chi connectivity index (χ1n) is 15.2. The Labute approximate surface area is 271 Å². The van der Waals surface area contributed by atoms with Gasteiger partial charge in [0.25, 0.3) is 5.91 Å². The van der Waals surface area contributed by atoms with Gasteiger partial charge < -0.3 is 34.0 Å². The lowest BCUT2D eigenvalue weighted by Crippen LogP contribution is -2.56. The zero-order valence-electron chi connectivity index (χ0n) is 24.7. The van der Waals surface area contributed by atoms with E-state index in [1.807, 2.05) is 41.3 Å². The van der Waals surface area contributed by atoms with Gasteiger partial charge in [-0.25, -0.2) is 4.79 Å². The van der Waals surface area contributed by atoms with Crippen LogP contribution in [0.4, 0.5) is 11.4 Å². The zero-order valence-corrected chi connectivity index (χ0v) is 26.2. The maximum Gasteiger partial charge on any atom is 0.337 e. The fourth-order valence-electron chi connectivity index (χ4n) is 6.46. The lowest BCUT2D eigenvalue weighted by molar-refractivity contribution is -0.0660. The molecular formula is C33H34Cl2N4O6. The average Bonchev–Trinajstić information content (AvgIpc) is 3.03. The summed E-state index contributed by atoms with van der Waals surface area (Å²) in [7, 11) is 0. The molecule has 0 spiro atoms. The number of hydrogen-bond acceptors (Lipinski definition) is 8. The van der Waals surface area contributed by atoms with Crippen LogP contribution in [-0.2, 0) is 16.0 Å². The summed E-state index contributed by atoms with van der Waals surface area (Å²) in [6.45, 7) is 7.83. The molecule has 0 radical (unpaired) electrons. The molecule has 1 N–H and O–H groups in total. The first-order chi connectivity index (χ1) is 21.9. The lowest BCUT2D eigenvalue weighted by atomic mass is 9.97. The van der Waals surface area contributed by atoms with Gasteiger partial charge in [0.05, 0.1) is 65.9 Å². The highest BCUT2D eigenvalue weighted by molar-refractivity contribution is 6.40. The van der Waals surface area contributed by atoms with Crippen LogP contribution in [0, 0.1) is 0 Å². The zero-order chi connectivity index (χ0) is 31.1. The number of anilines is 2. The van der Waals surface area contributed by atoms with Gasteiger partial charge in [-0.05, 0) is 29.8 Å². The molecule has 3 aromatic carbocycles. The highest BCUT2D eigenvalue weighted by Gasteiger charge is 2.31. The third-order valence-electron chi connectivity index (χ3n) is 9.06. The van der Waals surface area contributed by atoms with Gasteiger partial charge in [0.2, 0.25) is 0 Å². The normalized spacial score (nSPS) is 19.1. The predicted molar refractivity (Wildman–Crippen MR) is 172 cm³/mol. The second-order valence-electron chi connectivity index (χ2n) is 11.7. The molecule has 12 heteroatoms. The molecule has 7 rings (SSSR count). The van der Waals surface area contributed by atoms with Crippen LogP contribution in [0.1, 0.15) is 26.3 Å². The number of morpholine rings is 1. The molecule has 0 saturated carbocycles. The molecule has 0 atom stereocenters. The molecule has 1 amide bonds. The van der Waals surface area contributed by atoms with Crippen molar-refractivity contribution in [1.29, 1.82) is 0 Å². The molecule has 0 aromatic heterocycles. The van der Waals surface area contributed by atoms with E-state index in [2.05, 4.69) is 9.80 Å². The molecule has 10 nitrogen and oxygen atoms in total. The number of para-hydroxylation sites is 1. The number of carbonyl (C=O) groups excluding carboxylic acids is 1. The van der Waals surface area contributed by atoms with Gasteiger partial charge in [-0.1, -0.05) is 47.5 Å². The monoisotopic (exact) mass is 652 g/mol. The van der Waals surface area contributed by atoms with Crippen molar-refractivity contribution in [3.63, 3.8) is 0 Å². The number of hydrogen-bond donors (Lipinski definition) is 1. The van der Waals surface area contributed by atoms with Gasteiger partial charge in [0, 0.05) is 56.1 Å². The number of carbonyl (C=O) groups is 2. The number of carboxylic acids is 1. The van der Waals surface area contributed by atoms with Crippen LogP contribution in [0.2, 0.25) is 10.0 Å². The Morgan fingerprint density at radius 2 is 1.58 bits per heavy atom. The number of fused-ring (bicyclic) bond motifs is 1. The van der Waals surface area contributed by atoms with Crippen LogP contribution >= 0.6 is 23.2 Å². The molecule has 3 fully saturated rings. The van der Waals surface area contributed by atoms with Crippen LogP contribution in [0.25, 0.3) is 11.1 Å². The van der Waals surface area contributed by atoms with Crippen molar-refractivity contribution in [3.05, 3.63) is 75.3 Å². The van der Waals surface area contributed by atoms with Gasteiger partial charge in [-0.3, -0.25) is 9.69 Å². The number of carboxylic acid groups (broad SMARTS) is 1. The first-order valence-corrected chi connectivity index (χ1v) is 15.9. The van der Waals surface area contributed by atoms with Crippen molar-refractivity contribution >= 4 is 46.5 Å². The number of aromatic carboxylic acids is 1. The number of benzene rings is 3. The average molecular weight is 654 g/mol. The molecule has 4 heterocycles. The Balaban J connectivity index is 1.09. The van der Waals surface area contributed by atoms with Crippen molar-refractivity contribution in [1.82, 2.24) is 9.80 Å². The van der Waals surface area contributed by atoms with E-state index in [9.17, 15) is 14.7 Å². The lowest BCUT2D eigenvalue weighted by Gasteiger charge is -2.43. The highest BCUT2D eigenvalue weighted by atomic mass is 35.5. The molecular weight excluding hydrogens is 619 g/mol. The fourth-order valence-corrected chi connectivity index (χ4v) is 7.10. The Morgan fingerprint density at radius 1 is 0.844 bits per heavy atom. The number of rotatable bonds is 6. The molecule has 236 valence electrons. The summed E-state index contributed by atoms with van der Waals surface area (Å²) in [6.07, 6.45) is 0. The van der Waals surface area contributed by atoms with Gasteiger partial charge >= 0.3 is 5.97 Å². The van der Waals surface area contributed by atoms with Crippen molar-refractivity contribution in [2.45, 2.75) is 12.6 Å². The SMILES string of the molecule is O=C(O)c1ccc(-c2cccc3c2OCN(C(=O)c2c(Cl)cc(N4CCN(C5COC5)CC4)cc2Cl)C3)cc1N1CCOCC1. The second kappa shape index (κ2) is 12.7. The molecule has 0 bridgehead atoms. The third kappa shape index (κ3) is 5.93. The second-order valence-corrected chi connectivity index (χ2v) is 12.5. The quantitative estimate of drug-likeness (QED) is 0.406. The first kappa shape index (κ1) is 30.1.